The van der Waals surface area contributed by atoms with Crippen molar-refractivity contribution in [3.63, 3.8) is 0 Å². The van der Waals surface area contributed by atoms with Gasteiger partial charge in [-0.3, -0.25) is 4.79 Å². The standard InChI is InChI=1S/C20H18N4O3S/c21-20(25)19-18-15(11-17(24-19)28(22,26)27)14-10-13(8-9-16(14)23-18)7-6-12-4-2-1-3-5-12/h1-5,8-11,23H,6-7H2,(H2,21,25)(H2,22,26,27). The quantitative estimate of drug-likeness (QED) is 0.479. The molecule has 0 aliphatic carbocycles. The minimum atomic E-state index is -4.09. The molecular formula is C20H18N4O3S. The molecule has 2 aromatic heterocycles. The lowest BCUT2D eigenvalue weighted by Crippen LogP contribution is -2.19. The molecule has 5 N–H and O–H groups in total. The van der Waals surface area contributed by atoms with Gasteiger partial charge in [0.1, 0.15) is 0 Å². The molecule has 0 aliphatic heterocycles. The number of nitrogens with two attached hydrogens (primary N) is 2. The average Bonchev–Trinajstić information content (AvgIpc) is 3.03. The summed E-state index contributed by atoms with van der Waals surface area (Å²) in [5.74, 6) is -0.827. The van der Waals surface area contributed by atoms with Gasteiger partial charge in [0.25, 0.3) is 15.9 Å². The fraction of sp³-hybridized carbons (Fsp3) is 0.100. The molecule has 8 heteroatoms. The number of carbonyl (C=O) groups excluding carboxylic acids is 1. The molecule has 2 heterocycles. The smallest absolute Gasteiger partial charge is 0.269 e. The van der Waals surface area contributed by atoms with Crippen molar-refractivity contribution in [2.24, 2.45) is 10.9 Å². The Morgan fingerprint density at radius 3 is 2.36 bits per heavy atom. The summed E-state index contributed by atoms with van der Waals surface area (Å²) in [5, 5.41) is 6.17. The largest absolute Gasteiger partial charge is 0.364 e. The molecule has 0 spiro atoms. The van der Waals surface area contributed by atoms with E-state index in [9.17, 15) is 13.2 Å². The highest BCUT2D eigenvalue weighted by molar-refractivity contribution is 7.89. The number of fused-ring (bicyclic) bond motifs is 3. The average molecular weight is 394 g/mol. The van der Waals surface area contributed by atoms with Gasteiger partial charge in [0.2, 0.25) is 0 Å². The van der Waals surface area contributed by atoms with Crippen LogP contribution in [-0.2, 0) is 22.9 Å². The van der Waals surface area contributed by atoms with Crippen LogP contribution in [0.1, 0.15) is 21.6 Å². The molecule has 28 heavy (non-hydrogen) atoms. The lowest BCUT2D eigenvalue weighted by molar-refractivity contribution is 0.0996. The Kier molecular flexibility index (Phi) is 4.37. The van der Waals surface area contributed by atoms with Crippen LogP contribution in [-0.4, -0.2) is 24.3 Å². The number of rotatable bonds is 5. The second-order valence-corrected chi connectivity index (χ2v) is 8.14. The zero-order valence-electron chi connectivity index (χ0n) is 14.8. The summed E-state index contributed by atoms with van der Waals surface area (Å²) in [4.78, 5) is 18.8. The number of nitrogens with one attached hydrogen (secondary N) is 1. The van der Waals surface area contributed by atoms with Crippen LogP contribution in [0.15, 0.2) is 59.6 Å². The highest BCUT2D eigenvalue weighted by atomic mass is 32.2. The van der Waals surface area contributed by atoms with Crippen LogP contribution in [0.25, 0.3) is 21.8 Å². The lowest BCUT2D eigenvalue weighted by atomic mass is 10.0. The lowest BCUT2D eigenvalue weighted by Gasteiger charge is -2.04. The first-order valence-corrected chi connectivity index (χ1v) is 10.2. The Labute approximate surface area is 161 Å². The van der Waals surface area contributed by atoms with Crippen molar-refractivity contribution in [3.8, 4) is 0 Å². The maximum atomic E-state index is 11.8. The molecule has 0 atom stereocenters. The zero-order valence-corrected chi connectivity index (χ0v) is 15.7. The predicted molar refractivity (Wildman–Crippen MR) is 107 cm³/mol. The molecule has 2 aromatic carbocycles. The maximum absolute atomic E-state index is 11.8. The summed E-state index contributed by atoms with van der Waals surface area (Å²) in [6, 6.07) is 17.4. The number of aryl methyl sites for hydroxylation is 2. The molecule has 0 aliphatic rings. The van der Waals surface area contributed by atoms with Gasteiger partial charge in [-0.25, -0.2) is 18.5 Å². The van der Waals surface area contributed by atoms with Crippen LogP contribution in [0, 0.1) is 0 Å². The van der Waals surface area contributed by atoms with E-state index in [1.807, 2.05) is 36.4 Å². The minimum absolute atomic E-state index is 0.149. The van der Waals surface area contributed by atoms with Gasteiger partial charge in [0, 0.05) is 16.3 Å². The zero-order chi connectivity index (χ0) is 19.9. The van der Waals surface area contributed by atoms with Gasteiger partial charge in [0.15, 0.2) is 10.7 Å². The van der Waals surface area contributed by atoms with Crippen LogP contribution in [0.3, 0.4) is 0 Å². The van der Waals surface area contributed by atoms with Crippen molar-refractivity contribution in [3.05, 3.63) is 71.4 Å². The van der Waals surface area contributed by atoms with Gasteiger partial charge in [-0.05, 0) is 42.2 Å². The first-order valence-electron chi connectivity index (χ1n) is 8.65. The molecule has 7 nitrogen and oxygen atoms in total. The SMILES string of the molecule is NC(=O)c1nc(S(N)(=O)=O)cc2c1[nH]c1ccc(CCc3ccccc3)cc12. The molecule has 0 radical (unpaired) electrons. The van der Waals surface area contributed by atoms with Crippen molar-refractivity contribution < 1.29 is 13.2 Å². The van der Waals surface area contributed by atoms with Gasteiger partial charge < -0.3 is 10.7 Å². The monoisotopic (exact) mass is 394 g/mol. The number of hydrogen-bond acceptors (Lipinski definition) is 4. The number of carbonyl (C=O) groups is 1. The summed E-state index contributed by atoms with van der Waals surface area (Å²) in [6.07, 6.45) is 1.70. The maximum Gasteiger partial charge on any atom is 0.269 e. The number of amides is 1. The van der Waals surface area contributed by atoms with E-state index < -0.39 is 15.9 Å². The number of primary amides is 1. The van der Waals surface area contributed by atoms with E-state index in [-0.39, 0.29) is 10.7 Å². The Bertz CT molecular complexity index is 1310. The van der Waals surface area contributed by atoms with Gasteiger partial charge in [-0.15, -0.1) is 0 Å². The second kappa shape index (κ2) is 6.74. The molecule has 0 saturated heterocycles. The predicted octanol–water partition coefficient (Wildman–Crippen LogP) is 2.25. The number of hydrogen-bond donors (Lipinski definition) is 3. The molecule has 0 saturated carbocycles. The van der Waals surface area contributed by atoms with Crippen molar-refractivity contribution in [2.45, 2.75) is 17.9 Å². The van der Waals surface area contributed by atoms with E-state index in [4.69, 9.17) is 10.9 Å². The molecule has 0 bridgehead atoms. The third-order valence-corrected chi connectivity index (χ3v) is 5.49. The molecule has 1 amide bonds. The van der Waals surface area contributed by atoms with E-state index in [2.05, 4.69) is 22.1 Å². The van der Waals surface area contributed by atoms with Crippen molar-refractivity contribution in [1.82, 2.24) is 9.97 Å². The molecule has 142 valence electrons. The Morgan fingerprint density at radius 2 is 1.68 bits per heavy atom. The number of nitrogens with zero attached hydrogens (tertiary/aromatic N) is 1. The minimum Gasteiger partial charge on any atom is -0.364 e. The third-order valence-electron chi connectivity index (χ3n) is 4.70. The van der Waals surface area contributed by atoms with Crippen molar-refractivity contribution in [2.75, 3.05) is 0 Å². The van der Waals surface area contributed by atoms with Crippen LogP contribution in [0.2, 0.25) is 0 Å². The number of aromatic amines is 1. The van der Waals surface area contributed by atoms with Crippen molar-refractivity contribution >= 4 is 37.7 Å². The molecule has 0 fully saturated rings. The summed E-state index contributed by atoms with van der Waals surface area (Å²) in [6.45, 7) is 0. The molecule has 0 unspecified atom stereocenters. The van der Waals surface area contributed by atoms with Crippen molar-refractivity contribution in [1.29, 1.82) is 0 Å². The first kappa shape index (κ1) is 18.1. The van der Waals surface area contributed by atoms with Crippen LogP contribution >= 0.6 is 0 Å². The number of primary sulfonamides is 1. The fourth-order valence-electron chi connectivity index (χ4n) is 3.33. The Balaban J connectivity index is 1.84. The van der Waals surface area contributed by atoms with Crippen LogP contribution in [0.5, 0.6) is 0 Å². The summed E-state index contributed by atoms with van der Waals surface area (Å²) in [5.41, 5.74) is 8.73. The molecule has 4 rings (SSSR count). The second-order valence-electron chi connectivity index (χ2n) is 6.63. The Hall–Kier alpha value is -3.23. The van der Waals surface area contributed by atoms with Crippen LogP contribution in [0.4, 0.5) is 0 Å². The van der Waals surface area contributed by atoms with E-state index >= 15 is 0 Å². The summed E-state index contributed by atoms with van der Waals surface area (Å²) < 4.78 is 23.6. The number of sulfonamides is 1. The fourth-order valence-corrected chi connectivity index (χ4v) is 3.83. The number of aromatic nitrogens is 2. The van der Waals surface area contributed by atoms with E-state index in [1.165, 1.54) is 11.6 Å². The normalized spacial score (nSPS) is 11.9. The van der Waals surface area contributed by atoms with Gasteiger partial charge in [0.05, 0.1) is 5.52 Å². The molecule has 4 aromatic rings. The van der Waals surface area contributed by atoms with E-state index in [1.54, 1.807) is 0 Å². The number of H-pyrrole nitrogens is 1. The Morgan fingerprint density at radius 1 is 0.964 bits per heavy atom. The number of pyridine rings is 1. The summed E-state index contributed by atoms with van der Waals surface area (Å²) >= 11 is 0. The first-order chi connectivity index (χ1) is 13.3. The highest BCUT2D eigenvalue weighted by Crippen LogP contribution is 2.29. The highest BCUT2D eigenvalue weighted by Gasteiger charge is 2.20. The van der Waals surface area contributed by atoms with Gasteiger partial charge in [-0.1, -0.05) is 36.4 Å². The molecular weight excluding hydrogens is 376 g/mol. The van der Waals surface area contributed by atoms with Crippen LogP contribution < -0.4 is 10.9 Å². The third kappa shape index (κ3) is 3.35. The topological polar surface area (TPSA) is 132 Å². The van der Waals surface area contributed by atoms with E-state index in [0.717, 1.165) is 29.3 Å². The van der Waals surface area contributed by atoms with E-state index in [0.29, 0.717) is 10.9 Å². The summed E-state index contributed by atoms with van der Waals surface area (Å²) in [7, 11) is -4.09. The van der Waals surface area contributed by atoms with Gasteiger partial charge in [-0.2, -0.15) is 0 Å². The number of benzene rings is 2. The van der Waals surface area contributed by atoms with Gasteiger partial charge >= 0.3 is 0 Å².